The zero-order valence-electron chi connectivity index (χ0n) is 21.6. The fourth-order valence-electron chi connectivity index (χ4n) is 3.76. The summed E-state index contributed by atoms with van der Waals surface area (Å²) in [4.78, 5) is 41.4. The number of hydrogen-bond donors (Lipinski definition) is 3. The third-order valence-corrected chi connectivity index (χ3v) is 7.42. The number of pyridine rings is 1. The smallest absolute Gasteiger partial charge is 0.330 e. The number of aliphatic carboxylic acids is 1. The summed E-state index contributed by atoms with van der Waals surface area (Å²) < 4.78 is 33.6. The molecule has 0 bridgehead atoms. The lowest BCUT2D eigenvalue weighted by molar-refractivity contribution is -0.139. The molecule has 13 heteroatoms. The van der Waals surface area contributed by atoms with Crippen LogP contribution >= 0.6 is 0 Å². The maximum Gasteiger partial charge on any atom is 0.330 e. The van der Waals surface area contributed by atoms with Crippen molar-refractivity contribution in [2.24, 2.45) is 0 Å². The monoisotopic (exact) mass is 557 g/mol. The quantitative estimate of drug-likeness (QED) is 0.198. The number of urea groups is 1. The summed E-state index contributed by atoms with van der Waals surface area (Å²) >= 11 is 0. The minimum atomic E-state index is -4.63. The van der Waals surface area contributed by atoms with Crippen molar-refractivity contribution in [3.8, 4) is 5.75 Å². The average Bonchev–Trinajstić information content (AvgIpc) is 2.90. The fourth-order valence-corrected chi connectivity index (χ4v) is 5.29. The number of nitrogens with one attached hydrogen (secondary N) is 2. The number of carbonyl (C=O) groups is 3. The van der Waals surface area contributed by atoms with Gasteiger partial charge in [0.2, 0.25) is 0 Å². The molecule has 0 radical (unpaired) electrons. The lowest BCUT2D eigenvalue weighted by Gasteiger charge is -2.27. The highest BCUT2D eigenvalue weighted by atomic mass is 32.2. The molecule has 0 aliphatic rings. The van der Waals surface area contributed by atoms with E-state index < -0.39 is 34.5 Å². The van der Waals surface area contributed by atoms with Crippen LogP contribution in [-0.2, 0) is 26.0 Å². The molecule has 0 unspecified atom stereocenters. The van der Waals surface area contributed by atoms with Crippen LogP contribution in [0.5, 0.6) is 5.75 Å². The number of aromatic nitrogens is 1. The summed E-state index contributed by atoms with van der Waals surface area (Å²) in [5, 5.41) is 12.7. The molecule has 3 N–H and O–H groups in total. The van der Waals surface area contributed by atoms with Gasteiger partial charge in [0.25, 0.3) is 10.0 Å². The van der Waals surface area contributed by atoms with Crippen LogP contribution in [0, 0.1) is 0 Å². The van der Waals surface area contributed by atoms with E-state index in [1.807, 2.05) is 30.3 Å². The van der Waals surface area contributed by atoms with Gasteiger partial charge >= 0.3 is 12.0 Å². The summed E-state index contributed by atoms with van der Waals surface area (Å²) in [7, 11) is -1.05. The molecule has 0 saturated carbocycles. The highest BCUT2D eigenvalue weighted by Gasteiger charge is 2.36. The van der Waals surface area contributed by atoms with Crippen LogP contribution < -0.4 is 15.5 Å². The topological polar surface area (TPSA) is 158 Å². The molecule has 0 aliphatic heterocycles. The number of hydrogen-bond acceptors (Lipinski definition) is 8. The second-order valence-corrected chi connectivity index (χ2v) is 10.6. The van der Waals surface area contributed by atoms with E-state index in [1.54, 1.807) is 31.3 Å². The maximum absolute atomic E-state index is 13.7. The number of ether oxygens (including phenoxy) is 1. The second kappa shape index (κ2) is 13.6. The number of benzene rings is 2. The van der Waals surface area contributed by atoms with Crippen LogP contribution in [0.1, 0.15) is 12.0 Å². The molecule has 3 aromatic rings. The van der Waals surface area contributed by atoms with E-state index in [0.717, 1.165) is 16.5 Å². The summed E-state index contributed by atoms with van der Waals surface area (Å²) in [6, 6.07) is 12.6. The van der Waals surface area contributed by atoms with Gasteiger partial charge in [-0.05, 0) is 43.9 Å². The zero-order valence-corrected chi connectivity index (χ0v) is 22.4. The number of carboxylic acid groups (broad SMARTS) is 1. The van der Waals surface area contributed by atoms with Crippen LogP contribution in [0.3, 0.4) is 0 Å². The van der Waals surface area contributed by atoms with E-state index in [2.05, 4.69) is 15.7 Å². The van der Waals surface area contributed by atoms with Gasteiger partial charge in [0, 0.05) is 31.1 Å². The largest absolute Gasteiger partial charge is 0.492 e. The molecule has 0 saturated heterocycles. The first-order valence-corrected chi connectivity index (χ1v) is 13.5. The molecule has 1 atom stereocenters. The Balaban J connectivity index is 1.85. The number of para-hydroxylation sites is 1. The van der Waals surface area contributed by atoms with Crippen LogP contribution in [0.4, 0.5) is 4.79 Å². The third kappa shape index (κ3) is 7.96. The average molecular weight is 558 g/mol. The zero-order chi connectivity index (χ0) is 28.4. The van der Waals surface area contributed by atoms with E-state index in [0.29, 0.717) is 17.4 Å². The Kier molecular flexibility index (Phi) is 10.3. The van der Waals surface area contributed by atoms with Gasteiger partial charge in [-0.25, -0.2) is 13.2 Å². The van der Waals surface area contributed by atoms with Crippen LogP contribution in [0.2, 0.25) is 0 Å². The highest BCUT2D eigenvalue weighted by Crippen LogP contribution is 2.28. The normalized spacial score (nSPS) is 12.3. The molecule has 12 nitrogen and oxygen atoms in total. The number of fused-ring (bicyclic) bond motifs is 1. The molecule has 3 rings (SSSR count). The van der Waals surface area contributed by atoms with Crippen molar-refractivity contribution in [3.63, 3.8) is 0 Å². The predicted octanol–water partition coefficient (Wildman–Crippen LogP) is 1.67. The minimum Gasteiger partial charge on any atom is -0.492 e. The number of rotatable bonds is 14. The van der Waals surface area contributed by atoms with E-state index in [-0.39, 0.29) is 30.1 Å². The van der Waals surface area contributed by atoms with Gasteiger partial charge in [-0.1, -0.05) is 34.7 Å². The van der Waals surface area contributed by atoms with E-state index in [4.69, 9.17) is 4.74 Å². The molecule has 208 valence electrons. The van der Waals surface area contributed by atoms with Crippen molar-refractivity contribution in [1.29, 1.82) is 0 Å². The van der Waals surface area contributed by atoms with E-state index in [1.165, 1.54) is 18.2 Å². The summed E-state index contributed by atoms with van der Waals surface area (Å²) in [6.45, 7) is 0.766. The van der Waals surface area contributed by atoms with Gasteiger partial charge in [0.1, 0.15) is 23.0 Å². The molecule has 1 aromatic heterocycles. The van der Waals surface area contributed by atoms with Gasteiger partial charge in [0.15, 0.2) is 0 Å². The van der Waals surface area contributed by atoms with Crippen molar-refractivity contribution in [1.82, 2.24) is 25.0 Å². The Hall–Kier alpha value is -4.07. The Bertz CT molecular complexity index is 1410. The minimum absolute atomic E-state index is 0.0179. The number of sulfonamides is 1. The lowest BCUT2D eigenvalue weighted by Crippen LogP contribution is -2.56. The molecule has 0 aliphatic carbocycles. The van der Waals surface area contributed by atoms with E-state index in [9.17, 15) is 27.9 Å². The molecule has 39 heavy (non-hydrogen) atoms. The maximum atomic E-state index is 13.7. The Morgan fingerprint density at radius 3 is 2.59 bits per heavy atom. The number of nitrogens with zero attached hydrogens (tertiary/aromatic N) is 3. The van der Waals surface area contributed by atoms with Gasteiger partial charge in [0.05, 0.1) is 18.5 Å². The molecular formula is C26H31N5O7S. The number of hydrazine groups is 1. The van der Waals surface area contributed by atoms with Crippen LogP contribution in [0.15, 0.2) is 65.7 Å². The highest BCUT2D eigenvalue weighted by molar-refractivity contribution is 7.89. The van der Waals surface area contributed by atoms with Gasteiger partial charge < -0.3 is 24.9 Å². The van der Waals surface area contributed by atoms with Crippen molar-refractivity contribution >= 4 is 39.2 Å². The van der Waals surface area contributed by atoms with E-state index >= 15 is 0 Å². The molecule has 0 spiro atoms. The summed E-state index contributed by atoms with van der Waals surface area (Å²) in [5.74, 6) is -1.44. The summed E-state index contributed by atoms with van der Waals surface area (Å²) in [6.07, 6.45) is 1.44. The molecule has 0 fully saturated rings. The molecule has 1 heterocycles. The van der Waals surface area contributed by atoms with Crippen LogP contribution in [0.25, 0.3) is 10.9 Å². The van der Waals surface area contributed by atoms with Gasteiger partial charge in [-0.2, -0.15) is 0 Å². The van der Waals surface area contributed by atoms with Gasteiger partial charge in [-0.15, -0.1) is 0 Å². The standard InChI is InChI=1S/C26H31N5O7S/c1-30(2)15-14-28-26(35)29-31(20(18-32)17-25(33)34)39(36,37)24-11-4-3-10-23(24)38-16-12-19-7-5-9-22-21(19)8-6-13-27-22/h3-11,13,18,20H,12,14-17H2,1-2H3,(H,33,34)(H2,28,29,35)/t20-/m0/s1. The Labute approximate surface area is 226 Å². The molecule has 2 amide bonds. The second-order valence-electron chi connectivity index (χ2n) is 8.81. The molecular weight excluding hydrogens is 526 g/mol. The van der Waals surface area contributed by atoms with Crippen molar-refractivity contribution < 1.29 is 32.6 Å². The number of aldehydes is 1. The first kappa shape index (κ1) is 29.5. The molecule has 2 aromatic carbocycles. The van der Waals surface area contributed by atoms with Crippen molar-refractivity contribution in [3.05, 3.63) is 66.4 Å². The SMILES string of the molecule is CN(C)CCNC(=O)NN([C@H](C=O)CC(=O)O)S(=O)(=O)c1ccccc1OCCc1cccc2ncccc12. The van der Waals surface area contributed by atoms with Crippen molar-refractivity contribution in [2.45, 2.75) is 23.8 Å². The first-order chi connectivity index (χ1) is 18.6. The first-order valence-electron chi connectivity index (χ1n) is 12.1. The number of carbonyl (C=O) groups excluding carboxylic acids is 2. The Morgan fingerprint density at radius 2 is 1.87 bits per heavy atom. The third-order valence-electron chi connectivity index (χ3n) is 5.65. The summed E-state index contributed by atoms with van der Waals surface area (Å²) in [5.41, 5.74) is 3.92. The predicted molar refractivity (Wildman–Crippen MR) is 144 cm³/mol. The Morgan fingerprint density at radius 1 is 1.10 bits per heavy atom. The number of likely N-dealkylation sites (N-methyl/N-ethyl adjacent to an activating group) is 1. The number of amides is 2. The number of carboxylic acids is 1. The van der Waals surface area contributed by atoms with Gasteiger partial charge in [-0.3, -0.25) is 15.2 Å². The van der Waals surface area contributed by atoms with Crippen LogP contribution in [-0.4, -0.2) is 85.9 Å². The fraction of sp³-hybridized carbons (Fsp3) is 0.308. The van der Waals surface area contributed by atoms with Crippen molar-refractivity contribution in [2.75, 3.05) is 33.8 Å². The lowest BCUT2D eigenvalue weighted by atomic mass is 10.1.